The van der Waals surface area contributed by atoms with E-state index in [0.717, 1.165) is 4.57 Å². The molecule has 4 aromatic rings. The van der Waals surface area contributed by atoms with Crippen molar-refractivity contribution >= 4 is 27.3 Å². The summed E-state index contributed by atoms with van der Waals surface area (Å²) in [4.78, 5) is 41.5. The first-order chi connectivity index (χ1) is 18.9. The molecule has 0 aliphatic rings. The molecule has 0 amide bonds. The summed E-state index contributed by atoms with van der Waals surface area (Å²) in [6.45, 7) is 10.8. The van der Waals surface area contributed by atoms with E-state index < -0.39 is 29.2 Å². The van der Waals surface area contributed by atoms with E-state index in [-0.39, 0.29) is 30.8 Å². The molecule has 0 aliphatic carbocycles. The summed E-state index contributed by atoms with van der Waals surface area (Å²) in [5.74, 6) is -0.210. The third-order valence-electron chi connectivity index (χ3n) is 6.72. The Morgan fingerprint density at radius 1 is 1.15 bits per heavy atom. The topological polar surface area (TPSA) is 97.3 Å². The molecule has 4 rings (SSSR count). The summed E-state index contributed by atoms with van der Waals surface area (Å²) >= 11 is 1.25. The Bertz CT molecular complexity index is 1630. The number of Topliss-reactive ketones (excluding diaryl/α,β-unsaturated/α-hetero) is 1. The average molecular weight is 571 g/mol. The number of rotatable bonds is 11. The molecular weight excluding hydrogens is 535 g/mol. The number of aryl methyl sites for hydroxylation is 1. The van der Waals surface area contributed by atoms with Crippen molar-refractivity contribution in [3.63, 3.8) is 0 Å². The number of thiophene rings is 1. The highest BCUT2D eigenvalue weighted by atomic mass is 32.1. The fourth-order valence-corrected chi connectivity index (χ4v) is 6.09. The zero-order valence-corrected chi connectivity index (χ0v) is 24.6. The number of hydrogen-bond donors (Lipinski definition) is 0. The van der Waals surface area contributed by atoms with Crippen LogP contribution in [0.4, 0.5) is 4.39 Å². The third kappa shape index (κ3) is 5.66. The number of ketones is 1. The maximum absolute atomic E-state index is 14.4. The molecule has 9 nitrogen and oxygen atoms in total. The highest BCUT2D eigenvalue weighted by Crippen LogP contribution is 2.34. The number of nitrogens with zero attached hydrogens (tertiary/aromatic N) is 4. The molecule has 0 radical (unpaired) electrons. The van der Waals surface area contributed by atoms with Crippen LogP contribution in [0.15, 0.2) is 46.2 Å². The van der Waals surface area contributed by atoms with E-state index in [9.17, 15) is 18.8 Å². The summed E-state index contributed by atoms with van der Waals surface area (Å²) in [5.41, 5.74) is -0.0938. The lowest BCUT2D eigenvalue weighted by molar-refractivity contribution is -0.122. The number of hydrogen-bond acceptors (Lipinski definition) is 7. The summed E-state index contributed by atoms with van der Waals surface area (Å²) < 4.78 is 30.3. The Morgan fingerprint density at radius 3 is 2.48 bits per heavy atom. The Morgan fingerprint density at radius 2 is 1.88 bits per heavy atom. The number of ether oxygens (including phenoxy) is 2. The molecule has 0 spiro atoms. The fourth-order valence-electron chi connectivity index (χ4n) is 4.85. The number of carbonyl (C=O) groups excluding carboxylic acids is 1. The first kappa shape index (κ1) is 29.4. The Labute approximate surface area is 235 Å². The quantitative estimate of drug-likeness (QED) is 0.246. The van der Waals surface area contributed by atoms with Crippen LogP contribution in [0.1, 0.15) is 64.3 Å². The normalized spacial score (nSPS) is 13.3. The van der Waals surface area contributed by atoms with Crippen LogP contribution in [-0.2, 0) is 16.1 Å². The first-order valence-electron chi connectivity index (χ1n) is 13.2. The molecule has 1 aromatic carbocycles. The zero-order valence-electron chi connectivity index (χ0n) is 23.8. The van der Waals surface area contributed by atoms with Gasteiger partial charge in [0.05, 0.1) is 31.2 Å². The molecule has 3 heterocycles. The van der Waals surface area contributed by atoms with Crippen molar-refractivity contribution in [3.8, 4) is 10.8 Å². The van der Waals surface area contributed by atoms with Gasteiger partial charge in [-0.1, -0.05) is 25.2 Å². The van der Waals surface area contributed by atoms with Crippen LogP contribution < -0.4 is 16.0 Å². The molecule has 0 saturated heterocycles. The molecular formula is C29H35FN4O5S. The number of halogens is 1. The van der Waals surface area contributed by atoms with Gasteiger partial charge in [-0.05, 0) is 57.9 Å². The van der Waals surface area contributed by atoms with Crippen LogP contribution in [0.5, 0.6) is 5.75 Å². The van der Waals surface area contributed by atoms with Gasteiger partial charge in [-0.15, -0.1) is 0 Å². The SMILES string of the molecule is COc1ccc(F)cc1[C@H](Cn1c(=O)n([C@H](C)C(=O)CC(C)C)c(=O)c2c(C)c(-n3cccn3)sc21)OC(C)C. The second-order valence-corrected chi connectivity index (χ2v) is 11.5. The van der Waals surface area contributed by atoms with Gasteiger partial charge in [0.25, 0.3) is 5.56 Å². The third-order valence-corrected chi connectivity index (χ3v) is 8.02. The smallest absolute Gasteiger partial charge is 0.332 e. The minimum absolute atomic E-state index is 0.0444. The lowest BCUT2D eigenvalue weighted by atomic mass is 10.0. The van der Waals surface area contributed by atoms with Crippen LogP contribution in [-0.4, -0.2) is 37.9 Å². The van der Waals surface area contributed by atoms with Gasteiger partial charge in [-0.2, -0.15) is 5.10 Å². The van der Waals surface area contributed by atoms with E-state index in [1.807, 2.05) is 27.7 Å². The maximum Gasteiger partial charge on any atom is 0.332 e. The van der Waals surface area contributed by atoms with Crippen LogP contribution in [0, 0.1) is 18.7 Å². The van der Waals surface area contributed by atoms with Crippen LogP contribution in [0.2, 0.25) is 0 Å². The van der Waals surface area contributed by atoms with E-state index >= 15 is 0 Å². The van der Waals surface area contributed by atoms with Gasteiger partial charge in [0.1, 0.15) is 27.5 Å². The number of fused-ring (bicyclic) bond motifs is 1. The standard InChI is InChI=1S/C29H35FN4O5S/c1-16(2)13-22(35)19(6)34-26(36)25-18(5)27(33-12-8-11-31-33)40-28(25)32(29(34)37)15-24(39-17(3)4)21-14-20(30)9-10-23(21)38-7/h8-12,14,16-17,19,24H,13,15H2,1-7H3/t19-,24+/m1/s1. The van der Waals surface area contributed by atoms with Gasteiger partial charge in [-0.3, -0.25) is 14.2 Å². The molecule has 214 valence electrons. The van der Waals surface area contributed by atoms with E-state index in [0.29, 0.717) is 32.1 Å². The number of carbonyl (C=O) groups is 1. The number of methoxy groups -OCH3 is 1. The highest BCUT2D eigenvalue weighted by molar-refractivity contribution is 7.21. The van der Waals surface area contributed by atoms with Crippen LogP contribution in [0.25, 0.3) is 15.2 Å². The van der Waals surface area contributed by atoms with E-state index in [2.05, 4.69) is 5.10 Å². The fraction of sp³-hybridized carbons (Fsp3) is 0.448. The van der Waals surface area contributed by atoms with Gasteiger partial charge in [-0.25, -0.2) is 18.4 Å². The van der Waals surface area contributed by atoms with E-state index in [1.54, 1.807) is 37.0 Å². The van der Waals surface area contributed by atoms with Crippen molar-refractivity contribution in [3.05, 3.63) is 74.4 Å². The second kappa shape index (κ2) is 11.9. The first-order valence-corrected chi connectivity index (χ1v) is 14.1. The van der Waals surface area contributed by atoms with Crippen LogP contribution >= 0.6 is 11.3 Å². The Hall–Kier alpha value is -3.57. The minimum Gasteiger partial charge on any atom is -0.496 e. The molecule has 0 fully saturated rings. The molecule has 0 N–H and O–H groups in total. The molecule has 3 aromatic heterocycles. The van der Waals surface area contributed by atoms with E-state index in [4.69, 9.17) is 9.47 Å². The van der Waals surface area contributed by atoms with Gasteiger partial charge in [0.2, 0.25) is 0 Å². The monoisotopic (exact) mass is 570 g/mol. The van der Waals surface area contributed by atoms with Gasteiger partial charge < -0.3 is 9.47 Å². The molecule has 11 heteroatoms. The Kier molecular flexibility index (Phi) is 8.74. The van der Waals surface area contributed by atoms with Crippen molar-refractivity contribution in [1.29, 1.82) is 0 Å². The lowest BCUT2D eigenvalue weighted by Gasteiger charge is -2.25. The molecule has 0 unspecified atom stereocenters. The zero-order chi connectivity index (χ0) is 29.3. The summed E-state index contributed by atoms with van der Waals surface area (Å²) in [7, 11) is 1.48. The molecule has 40 heavy (non-hydrogen) atoms. The average Bonchev–Trinajstić information content (AvgIpc) is 3.53. The lowest BCUT2D eigenvalue weighted by Crippen LogP contribution is -2.44. The number of benzene rings is 1. The van der Waals surface area contributed by atoms with Crippen molar-refractivity contribution in [2.45, 2.75) is 72.8 Å². The highest BCUT2D eigenvalue weighted by Gasteiger charge is 2.29. The second-order valence-electron chi connectivity index (χ2n) is 10.5. The summed E-state index contributed by atoms with van der Waals surface area (Å²) in [6, 6.07) is 4.93. The van der Waals surface area contributed by atoms with E-state index in [1.165, 1.54) is 41.2 Å². The van der Waals surface area contributed by atoms with Crippen molar-refractivity contribution in [2.75, 3.05) is 7.11 Å². The Balaban J connectivity index is 2.01. The van der Waals surface area contributed by atoms with Crippen LogP contribution in [0.3, 0.4) is 0 Å². The van der Waals surface area contributed by atoms with Gasteiger partial charge in [0.15, 0.2) is 5.78 Å². The van der Waals surface area contributed by atoms with Crippen molar-refractivity contribution in [1.82, 2.24) is 18.9 Å². The maximum atomic E-state index is 14.4. The molecule has 2 atom stereocenters. The van der Waals surface area contributed by atoms with Crippen molar-refractivity contribution in [2.24, 2.45) is 5.92 Å². The number of aromatic nitrogens is 4. The van der Waals surface area contributed by atoms with Gasteiger partial charge in [0, 0.05) is 29.9 Å². The summed E-state index contributed by atoms with van der Waals surface area (Å²) in [5, 5.41) is 5.32. The molecule has 0 saturated carbocycles. The van der Waals surface area contributed by atoms with Crippen molar-refractivity contribution < 1.29 is 18.7 Å². The predicted molar refractivity (Wildman–Crippen MR) is 153 cm³/mol. The summed E-state index contributed by atoms with van der Waals surface area (Å²) in [6.07, 6.45) is 2.55. The molecule has 0 aliphatic heterocycles. The molecule has 0 bridgehead atoms. The van der Waals surface area contributed by atoms with Gasteiger partial charge >= 0.3 is 5.69 Å². The predicted octanol–water partition coefficient (Wildman–Crippen LogP) is 5.21. The minimum atomic E-state index is -0.973. The largest absolute Gasteiger partial charge is 0.496 e.